The zero-order valence-corrected chi connectivity index (χ0v) is 26.8. The molecule has 0 aliphatic rings. The summed E-state index contributed by atoms with van der Waals surface area (Å²) in [7, 11) is -4.19. The van der Waals surface area contributed by atoms with Crippen LogP contribution in [0.5, 0.6) is 5.75 Å². The summed E-state index contributed by atoms with van der Waals surface area (Å²) in [5.41, 5.74) is 1.88. The third-order valence-electron chi connectivity index (χ3n) is 6.83. The molecule has 0 heterocycles. The molecule has 2 atom stereocenters. The van der Waals surface area contributed by atoms with Crippen molar-refractivity contribution in [2.75, 3.05) is 17.5 Å². The highest BCUT2D eigenvalue weighted by atomic mass is 35.5. The van der Waals surface area contributed by atoms with Crippen molar-refractivity contribution in [2.45, 2.75) is 64.6 Å². The second-order valence-electron chi connectivity index (χ2n) is 10.0. The Morgan fingerprint density at radius 3 is 2.14 bits per heavy atom. The Morgan fingerprint density at radius 2 is 1.57 bits per heavy atom. The lowest BCUT2D eigenvalue weighted by molar-refractivity contribution is -0.139. The van der Waals surface area contributed by atoms with Crippen LogP contribution in [0.3, 0.4) is 0 Å². The van der Waals surface area contributed by atoms with Crippen LogP contribution in [0.2, 0.25) is 10.0 Å². The average Bonchev–Trinajstić information content (AvgIpc) is 2.96. The first-order valence-corrected chi connectivity index (χ1v) is 15.9. The highest BCUT2D eigenvalue weighted by Gasteiger charge is 2.33. The van der Waals surface area contributed by atoms with Gasteiger partial charge in [0.15, 0.2) is 0 Å². The minimum absolute atomic E-state index is 0.00192. The van der Waals surface area contributed by atoms with E-state index in [4.69, 9.17) is 27.9 Å². The number of carbonyl (C=O) groups is 2. The van der Waals surface area contributed by atoms with Crippen molar-refractivity contribution < 1.29 is 22.7 Å². The van der Waals surface area contributed by atoms with Gasteiger partial charge < -0.3 is 15.0 Å². The summed E-state index contributed by atoms with van der Waals surface area (Å²) >= 11 is 12.3. The van der Waals surface area contributed by atoms with Crippen molar-refractivity contribution in [3.05, 3.63) is 87.9 Å². The van der Waals surface area contributed by atoms with Gasteiger partial charge in [-0.05, 0) is 88.2 Å². The van der Waals surface area contributed by atoms with Crippen molar-refractivity contribution in [1.82, 2.24) is 10.2 Å². The van der Waals surface area contributed by atoms with E-state index in [9.17, 15) is 18.0 Å². The van der Waals surface area contributed by atoms with Crippen LogP contribution in [-0.2, 0) is 26.2 Å². The Hall–Kier alpha value is -3.27. The van der Waals surface area contributed by atoms with E-state index in [-0.39, 0.29) is 23.4 Å². The molecule has 0 bridgehead atoms. The Labute approximate surface area is 258 Å². The smallest absolute Gasteiger partial charge is 0.264 e. The average molecular weight is 635 g/mol. The molecule has 0 saturated heterocycles. The molecule has 0 aliphatic heterocycles. The van der Waals surface area contributed by atoms with Crippen LogP contribution in [0.15, 0.2) is 71.6 Å². The Kier molecular flexibility index (Phi) is 11.7. The lowest BCUT2D eigenvalue weighted by atomic mass is 10.1. The number of nitrogens with zero attached hydrogens (tertiary/aromatic N) is 2. The molecule has 3 aromatic rings. The largest absolute Gasteiger partial charge is 0.494 e. The van der Waals surface area contributed by atoms with E-state index >= 15 is 0 Å². The monoisotopic (exact) mass is 633 g/mol. The van der Waals surface area contributed by atoms with Gasteiger partial charge in [-0.1, -0.05) is 53.9 Å². The quantitative estimate of drug-likeness (QED) is 0.241. The van der Waals surface area contributed by atoms with Crippen molar-refractivity contribution >= 4 is 50.7 Å². The van der Waals surface area contributed by atoms with Crippen molar-refractivity contribution in [1.29, 1.82) is 0 Å². The molecule has 0 spiro atoms. The summed E-state index contributed by atoms with van der Waals surface area (Å²) < 4.78 is 34.5. The van der Waals surface area contributed by atoms with Gasteiger partial charge in [0.05, 0.1) is 27.2 Å². The fourth-order valence-electron chi connectivity index (χ4n) is 4.12. The number of hydrogen-bond acceptors (Lipinski definition) is 5. The van der Waals surface area contributed by atoms with Gasteiger partial charge in [-0.25, -0.2) is 8.42 Å². The van der Waals surface area contributed by atoms with Crippen LogP contribution in [0, 0.1) is 6.92 Å². The van der Waals surface area contributed by atoms with Crippen molar-refractivity contribution in [3.8, 4) is 5.75 Å². The molecule has 0 fully saturated rings. The summed E-state index contributed by atoms with van der Waals surface area (Å²) in [6.45, 7) is 9.06. The van der Waals surface area contributed by atoms with Gasteiger partial charge in [0.25, 0.3) is 10.0 Å². The Bertz CT molecular complexity index is 1480. The fourth-order valence-corrected chi connectivity index (χ4v) is 5.86. The minimum Gasteiger partial charge on any atom is -0.494 e. The zero-order valence-electron chi connectivity index (χ0n) is 24.4. The van der Waals surface area contributed by atoms with Gasteiger partial charge >= 0.3 is 0 Å². The molecule has 42 heavy (non-hydrogen) atoms. The van der Waals surface area contributed by atoms with Crippen LogP contribution in [0.1, 0.15) is 45.2 Å². The van der Waals surface area contributed by atoms with Gasteiger partial charge in [-0.3, -0.25) is 13.9 Å². The first-order valence-electron chi connectivity index (χ1n) is 13.7. The first kappa shape index (κ1) is 33.2. The van der Waals surface area contributed by atoms with Gasteiger partial charge in [0, 0.05) is 12.6 Å². The molecule has 0 saturated carbocycles. The molecule has 0 radical (unpaired) electrons. The number of carbonyl (C=O) groups excluding carboxylic acids is 2. The molecule has 0 aliphatic carbocycles. The second-order valence-corrected chi connectivity index (χ2v) is 12.7. The van der Waals surface area contributed by atoms with E-state index in [0.29, 0.717) is 40.1 Å². The summed E-state index contributed by atoms with van der Waals surface area (Å²) in [5.74, 6) is -0.389. The van der Waals surface area contributed by atoms with E-state index < -0.39 is 28.5 Å². The van der Waals surface area contributed by atoms with Crippen LogP contribution >= 0.6 is 23.2 Å². The number of benzene rings is 3. The van der Waals surface area contributed by atoms with Crippen LogP contribution < -0.4 is 14.4 Å². The third-order valence-corrected chi connectivity index (χ3v) is 9.36. The number of sulfonamides is 1. The molecule has 0 unspecified atom stereocenters. The third kappa shape index (κ3) is 8.40. The maximum Gasteiger partial charge on any atom is 0.264 e. The molecule has 3 rings (SSSR count). The van der Waals surface area contributed by atoms with Crippen molar-refractivity contribution in [2.24, 2.45) is 0 Å². The second kappa shape index (κ2) is 14.8. The highest BCUT2D eigenvalue weighted by molar-refractivity contribution is 7.92. The zero-order chi connectivity index (χ0) is 31.0. The molecule has 8 nitrogen and oxygen atoms in total. The maximum atomic E-state index is 14.0. The first-order chi connectivity index (χ1) is 19.9. The Morgan fingerprint density at radius 1 is 0.929 bits per heavy atom. The Balaban J connectivity index is 2.03. The molecule has 226 valence electrons. The van der Waals surface area contributed by atoms with E-state index in [0.717, 1.165) is 9.87 Å². The summed E-state index contributed by atoms with van der Waals surface area (Å²) in [4.78, 5) is 28.6. The number of rotatable bonds is 13. The van der Waals surface area contributed by atoms with E-state index in [2.05, 4.69) is 5.32 Å². The van der Waals surface area contributed by atoms with Gasteiger partial charge in [-0.15, -0.1) is 0 Å². The number of hydrogen-bond donors (Lipinski definition) is 1. The van der Waals surface area contributed by atoms with E-state index in [1.165, 1.54) is 17.0 Å². The number of halogens is 2. The van der Waals surface area contributed by atoms with Gasteiger partial charge in [-0.2, -0.15) is 0 Å². The summed E-state index contributed by atoms with van der Waals surface area (Å²) in [6, 6.07) is 16.8. The molecule has 2 amide bonds. The van der Waals surface area contributed by atoms with Crippen molar-refractivity contribution in [3.63, 3.8) is 0 Å². The number of aryl methyl sites for hydroxylation is 1. The fraction of sp³-hybridized carbons (Fsp3) is 0.355. The molecule has 3 aromatic carbocycles. The van der Waals surface area contributed by atoms with Crippen LogP contribution in [-0.4, -0.2) is 50.4 Å². The maximum absolute atomic E-state index is 14.0. The standard InChI is InChI=1S/C31H37Cl2N3O5S/c1-6-22(4)34-31(38)23(5)35(19-24-10-17-28(32)29(33)18-24)30(37)20-36(25-11-8-21(3)9-12-25)42(39,40)27-15-13-26(14-16-27)41-7-2/h8-18,22-23H,6-7,19-20H2,1-5H3,(H,34,38)/t22-,23-/m0/s1. The number of anilines is 1. The highest BCUT2D eigenvalue weighted by Crippen LogP contribution is 2.27. The SMILES string of the molecule is CCOc1ccc(S(=O)(=O)N(CC(=O)N(Cc2ccc(Cl)c(Cl)c2)[C@@H](C)C(=O)N[C@@H](C)CC)c2ccc(C)cc2)cc1. The van der Waals surface area contributed by atoms with Crippen LogP contribution in [0.4, 0.5) is 5.69 Å². The topological polar surface area (TPSA) is 96.0 Å². The summed E-state index contributed by atoms with van der Waals surface area (Å²) in [5, 5.41) is 3.57. The van der Waals surface area contributed by atoms with Gasteiger partial charge in [0.1, 0.15) is 18.3 Å². The molecule has 0 aromatic heterocycles. The summed E-state index contributed by atoms with van der Waals surface area (Å²) in [6.07, 6.45) is 0.709. The van der Waals surface area contributed by atoms with E-state index in [1.54, 1.807) is 61.5 Å². The molecule has 1 N–H and O–H groups in total. The lowest BCUT2D eigenvalue weighted by Gasteiger charge is -2.32. The predicted molar refractivity (Wildman–Crippen MR) is 168 cm³/mol. The van der Waals surface area contributed by atoms with Gasteiger partial charge in [0.2, 0.25) is 11.8 Å². The number of ether oxygens (including phenoxy) is 1. The van der Waals surface area contributed by atoms with Crippen LogP contribution in [0.25, 0.3) is 0 Å². The number of amides is 2. The lowest BCUT2D eigenvalue weighted by Crippen LogP contribution is -2.52. The minimum atomic E-state index is -4.19. The molecule has 11 heteroatoms. The van der Waals surface area contributed by atoms with E-state index in [1.807, 2.05) is 27.7 Å². The molecular weight excluding hydrogens is 597 g/mol. The molecular formula is C31H37Cl2N3O5S. The number of nitrogens with one attached hydrogen (secondary N) is 1. The predicted octanol–water partition coefficient (Wildman–Crippen LogP) is 6.23. The normalized spacial score (nSPS) is 12.7.